The summed E-state index contributed by atoms with van der Waals surface area (Å²) < 4.78 is 0. The van der Waals surface area contributed by atoms with Crippen LogP contribution in [-0.2, 0) is 9.59 Å². The molecule has 0 aromatic heterocycles. The fourth-order valence-corrected chi connectivity index (χ4v) is 3.27. The number of carboxylic acids is 1. The third kappa shape index (κ3) is 4.47. The lowest BCUT2D eigenvalue weighted by Crippen LogP contribution is -2.45. The summed E-state index contributed by atoms with van der Waals surface area (Å²) in [5.74, 6) is -1.18. The molecule has 1 N–H and O–H groups in total. The highest BCUT2D eigenvalue weighted by molar-refractivity contribution is 5.83. The summed E-state index contributed by atoms with van der Waals surface area (Å²) in [5.41, 5.74) is 0. The van der Waals surface area contributed by atoms with Crippen LogP contribution in [0.2, 0.25) is 0 Å². The van der Waals surface area contributed by atoms with Crippen molar-refractivity contribution in [3.8, 4) is 0 Å². The fourth-order valence-electron chi connectivity index (χ4n) is 3.27. The van der Waals surface area contributed by atoms with Crippen LogP contribution in [0, 0.1) is 5.92 Å². The second kappa shape index (κ2) is 7.62. The summed E-state index contributed by atoms with van der Waals surface area (Å²) >= 11 is 0. The maximum absolute atomic E-state index is 12.5. The number of carbonyl (C=O) groups is 2. The number of piperidine rings is 2. The molecule has 0 aromatic carbocycles. The summed E-state index contributed by atoms with van der Waals surface area (Å²) in [4.78, 5) is 27.7. The Morgan fingerprint density at radius 2 is 1.45 bits per heavy atom. The molecule has 2 fully saturated rings. The molecule has 1 atom stereocenters. The van der Waals surface area contributed by atoms with Gasteiger partial charge in [0.2, 0.25) is 5.91 Å². The van der Waals surface area contributed by atoms with Crippen LogP contribution in [0.25, 0.3) is 0 Å². The van der Waals surface area contributed by atoms with E-state index in [1.54, 1.807) is 0 Å². The minimum Gasteiger partial charge on any atom is -0.481 e. The maximum Gasteiger partial charge on any atom is 0.304 e. The molecular weight excluding hydrogens is 256 g/mol. The Bertz CT molecular complexity index is 334. The highest BCUT2D eigenvalue weighted by Crippen LogP contribution is 2.18. The van der Waals surface area contributed by atoms with E-state index >= 15 is 0 Å². The monoisotopic (exact) mass is 282 g/mol. The van der Waals surface area contributed by atoms with E-state index in [1.165, 1.54) is 12.8 Å². The SMILES string of the molecule is O=C(O)CC(CN1CCCCC1)C(=O)N1CCCCC1. The second-order valence-corrected chi connectivity index (χ2v) is 6.04. The van der Waals surface area contributed by atoms with E-state index in [4.69, 9.17) is 5.11 Å². The number of amides is 1. The molecule has 2 aliphatic heterocycles. The summed E-state index contributed by atoms with van der Waals surface area (Å²) in [7, 11) is 0. The Hall–Kier alpha value is -1.10. The fraction of sp³-hybridized carbons (Fsp3) is 0.867. The van der Waals surface area contributed by atoms with Crippen molar-refractivity contribution >= 4 is 11.9 Å². The first-order chi connectivity index (χ1) is 9.66. The summed E-state index contributed by atoms with van der Waals surface area (Å²) in [6.45, 7) is 4.22. The van der Waals surface area contributed by atoms with Gasteiger partial charge < -0.3 is 14.9 Å². The van der Waals surface area contributed by atoms with Crippen LogP contribution >= 0.6 is 0 Å². The zero-order valence-corrected chi connectivity index (χ0v) is 12.2. The normalized spacial score (nSPS) is 22.5. The summed E-state index contributed by atoms with van der Waals surface area (Å²) in [5, 5.41) is 9.07. The molecule has 0 bridgehead atoms. The van der Waals surface area contributed by atoms with Gasteiger partial charge in [-0.1, -0.05) is 6.42 Å². The number of carbonyl (C=O) groups excluding carboxylic acids is 1. The van der Waals surface area contributed by atoms with Gasteiger partial charge in [-0.05, 0) is 45.2 Å². The first-order valence-electron chi connectivity index (χ1n) is 7.90. The quantitative estimate of drug-likeness (QED) is 0.831. The lowest BCUT2D eigenvalue weighted by molar-refractivity contribution is -0.145. The minimum atomic E-state index is -0.864. The van der Waals surface area contributed by atoms with Gasteiger partial charge in [0, 0.05) is 19.6 Å². The van der Waals surface area contributed by atoms with Crippen molar-refractivity contribution in [3.63, 3.8) is 0 Å². The van der Waals surface area contributed by atoms with Crippen LogP contribution in [0.3, 0.4) is 0 Å². The zero-order chi connectivity index (χ0) is 14.4. The molecule has 1 unspecified atom stereocenters. The van der Waals surface area contributed by atoms with Gasteiger partial charge in [-0.25, -0.2) is 0 Å². The van der Waals surface area contributed by atoms with Crippen LogP contribution in [0.4, 0.5) is 0 Å². The van der Waals surface area contributed by atoms with Gasteiger partial charge in [0.1, 0.15) is 0 Å². The zero-order valence-electron chi connectivity index (χ0n) is 12.2. The predicted octanol–water partition coefficient (Wildman–Crippen LogP) is 1.58. The molecule has 5 nitrogen and oxygen atoms in total. The van der Waals surface area contributed by atoms with E-state index in [2.05, 4.69) is 4.90 Å². The highest BCUT2D eigenvalue weighted by Gasteiger charge is 2.29. The van der Waals surface area contributed by atoms with Gasteiger partial charge in [0.05, 0.1) is 12.3 Å². The smallest absolute Gasteiger partial charge is 0.304 e. The number of aliphatic carboxylic acids is 1. The third-order valence-corrected chi connectivity index (χ3v) is 4.37. The van der Waals surface area contributed by atoms with E-state index in [9.17, 15) is 9.59 Å². The number of rotatable bonds is 5. The van der Waals surface area contributed by atoms with E-state index in [0.29, 0.717) is 6.54 Å². The average molecular weight is 282 g/mol. The topological polar surface area (TPSA) is 60.9 Å². The van der Waals surface area contributed by atoms with Crippen molar-refractivity contribution < 1.29 is 14.7 Å². The predicted molar refractivity (Wildman–Crippen MR) is 76.5 cm³/mol. The standard InChI is InChI=1S/C15H26N2O3/c18-14(19)11-13(12-16-7-3-1-4-8-16)15(20)17-9-5-2-6-10-17/h13H,1-12H2,(H,18,19). The molecule has 0 saturated carbocycles. The number of nitrogens with zero attached hydrogens (tertiary/aromatic N) is 2. The average Bonchev–Trinajstić information content (AvgIpc) is 2.47. The van der Waals surface area contributed by atoms with Gasteiger partial charge in [-0.2, -0.15) is 0 Å². The molecule has 0 aromatic rings. The van der Waals surface area contributed by atoms with E-state index < -0.39 is 5.97 Å². The first-order valence-corrected chi connectivity index (χ1v) is 7.90. The number of hydrogen-bond acceptors (Lipinski definition) is 3. The first kappa shape index (κ1) is 15.3. The van der Waals surface area contributed by atoms with E-state index in [0.717, 1.165) is 51.9 Å². The number of carboxylic acid groups (broad SMARTS) is 1. The molecule has 20 heavy (non-hydrogen) atoms. The number of hydrogen-bond donors (Lipinski definition) is 1. The third-order valence-electron chi connectivity index (χ3n) is 4.37. The second-order valence-electron chi connectivity index (χ2n) is 6.04. The van der Waals surface area contributed by atoms with Crippen molar-refractivity contribution in [2.24, 2.45) is 5.92 Å². The van der Waals surface area contributed by atoms with E-state index in [1.807, 2.05) is 4.90 Å². The largest absolute Gasteiger partial charge is 0.481 e. The molecule has 1 amide bonds. The van der Waals surface area contributed by atoms with Crippen LogP contribution < -0.4 is 0 Å². The molecule has 0 radical (unpaired) electrons. The Balaban J connectivity index is 1.93. The Morgan fingerprint density at radius 1 is 0.900 bits per heavy atom. The summed E-state index contributed by atoms with van der Waals surface area (Å²) in [6, 6.07) is 0. The molecule has 2 heterocycles. The van der Waals surface area contributed by atoms with Crippen LogP contribution in [-0.4, -0.2) is 59.5 Å². The molecule has 0 aliphatic carbocycles. The lowest BCUT2D eigenvalue weighted by Gasteiger charge is -2.33. The molecule has 114 valence electrons. The Labute approximate surface area is 120 Å². The van der Waals surface area contributed by atoms with Gasteiger partial charge in [0.25, 0.3) is 0 Å². The number of likely N-dealkylation sites (tertiary alicyclic amines) is 2. The maximum atomic E-state index is 12.5. The van der Waals surface area contributed by atoms with Crippen LogP contribution in [0.1, 0.15) is 44.9 Å². The molecule has 2 saturated heterocycles. The van der Waals surface area contributed by atoms with Gasteiger partial charge in [-0.3, -0.25) is 9.59 Å². The van der Waals surface area contributed by atoms with E-state index in [-0.39, 0.29) is 18.2 Å². The van der Waals surface area contributed by atoms with Crippen molar-refractivity contribution in [3.05, 3.63) is 0 Å². The summed E-state index contributed by atoms with van der Waals surface area (Å²) in [6.07, 6.45) is 6.82. The molecule has 5 heteroatoms. The van der Waals surface area contributed by atoms with Crippen LogP contribution in [0.15, 0.2) is 0 Å². The van der Waals surface area contributed by atoms with Gasteiger partial charge in [-0.15, -0.1) is 0 Å². The van der Waals surface area contributed by atoms with Crippen LogP contribution in [0.5, 0.6) is 0 Å². The van der Waals surface area contributed by atoms with Crippen molar-refractivity contribution in [1.82, 2.24) is 9.80 Å². The van der Waals surface area contributed by atoms with Crippen molar-refractivity contribution in [2.75, 3.05) is 32.7 Å². The minimum absolute atomic E-state index is 0.0359. The van der Waals surface area contributed by atoms with Crippen molar-refractivity contribution in [1.29, 1.82) is 0 Å². The Kier molecular flexibility index (Phi) is 5.83. The molecule has 2 aliphatic rings. The Morgan fingerprint density at radius 3 is 2.00 bits per heavy atom. The van der Waals surface area contributed by atoms with Gasteiger partial charge >= 0.3 is 5.97 Å². The lowest BCUT2D eigenvalue weighted by atomic mass is 9.99. The van der Waals surface area contributed by atoms with Gasteiger partial charge in [0.15, 0.2) is 0 Å². The molecule has 0 spiro atoms. The molecular formula is C15H26N2O3. The highest BCUT2D eigenvalue weighted by atomic mass is 16.4. The molecule has 2 rings (SSSR count). The van der Waals surface area contributed by atoms with Crippen molar-refractivity contribution in [2.45, 2.75) is 44.9 Å².